The van der Waals surface area contributed by atoms with Gasteiger partial charge >= 0.3 is 6.09 Å². The number of aryl methyl sites for hydroxylation is 1. The number of benzene rings is 1. The van der Waals surface area contributed by atoms with Crippen molar-refractivity contribution in [3.05, 3.63) is 34.1 Å². The van der Waals surface area contributed by atoms with Crippen molar-refractivity contribution < 1.29 is 28.3 Å². The third-order valence-electron chi connectivity index (χ3n) is 8.44. The van der Waals surface area contributed by atoms with Gasteiger partial charge < -0.3 is 20.3 Å². The van der Waals surface area contributed by atoms with Crippen molar-refractivity contribution in [3.8, 4) is 0 Å². The topological polar surface area (TPSA) is 120 Å². The Labute approximate surface area is 214 Å². The van der Waals surface area contributed by atoms with Crippen LogP contribution in [0.5, 0.6) is 0 Å². The summed E-state index contributed by atoms with van der Waals surface area (Å²) in [6.07, 6.45) is 4.21. The highest BCUT2D eigenvalue weighted by Gasteiger charge is 2.45. The number of ether oxygens (including phenoxy) is 1. The van der Waals surface area contributed by atoms with Crippen molar-refractivity contribution in [2.24, 2.45) is 5.92 Å². The SMILES string of the molecule is Cc1cc(CNC(=O)OC2CC(N3CCNC3C3CC3)C2)c(F)c2c1CN(C1CCC(=O)NC1=O)C2=O. The monoisotopic (exact) mass is 513 g/mol. The molecule has 1 aromatic rings. The van der Waals surface area contributed by atoms with E-state index in [1.807, 2.05) is 0 Å². The molecule has 2 aliphatic carbocycles. The summed E-state index contributed by atoms with van der Waals surface area (Å²) in [4.78, 5) is 53.1. The van der Waals surface area contributed by atoms with E-state index in [-0.39, 0.29) is 49.1 Å². The first kappa shape index (κ1) is 24.3. The molecule has 198 valence electrons. The fourth-order valence-corrected chi connectivity index (χ4v) is 6.20. The van der Waals surface area contributed by atoms with Crippen molar-refractivity contribution in [1.29, 1.82) is 0 Å². The van der Waals surface area contributed by atoms with E-state index in [2.05, 4.69) is 20.9 Å². The summed E-state index contributed by atoms with van der Waals surface area (Å²) in [7, 11) is 0. The van der Waals surface area contributed by atoms with Gasteiger partial charge in [0.15, 0.2) is 0 Å². The second-order valence-corrected chi connectivity index (χ2v) is 10.9. The highest BCUT2D eigenvalue weighted by molar-refractivity contribution is 6.05. The van der Waals surface area contributed by atoms with Crippen molar-refractivity contribution >= 4 is 23.8 Å². The average molecular weight is 514 g/mol. The molecule has 0 bridgehead atoms. The van der Waals surface area contributed by atoms with Crippen LogP contribution in [0.15, 0.2) is 6.07 Å². The fourth-order valence-electron chi connectivity index (χ4n) is 6.20. The minimum absolute atomic E-state index is 0.0684. The van der Waals surface area contributed by atoms with Gasteiger partial charge in [0, 0.05) is 57.0 Å². The van der Waals surface area contributed by atoms with E-state index in [0.717, 1.165) is 31.8 Å². The Balaban J connectivity index is 1.04. The Morgan fingerprint density at radius 3 is 2.73 bits per heavy atom. The number of alkyl carbamates (subject to hydrolysis) is 1. The fraction of sp³-hybridized carbons (Fsp3) is 0.615. The number of imide groups is 1. The number of fused-ring (bicyclic) bond motifs is 1. The first-order valence-electron chi connectivity index (χ1n) is 13.2. The van der Waals surface area contributed by atoms with Gasteiger partial charge in [0.25, 0.3) is 5.91 Å². The van der Waals surface area contributed by atoms with Gasteiger partial charge in [-0.05, 0) is 43.2 Å². The Kier molecular flexibility index (Phi) is 6.15. The van der Waals surface area contributed by atoms with E-state index in [4.69, 9.17) is 4.74 Å². The van der Waals surface area contributed by atoms with Gasteiger partial charge in [0.05, 0.1) is 11.7 Å². The summed E-state index contributed by atoms with van der Waals surface area (Å²) < 4.78 is 21.0. The Morgan fingerprint density at radius 2 is 2.00 bits per heavy atom. The molecule has 0 spiro atoms. The molecule has 2 unspecified atom stereocenters. The van der Waals surface area contributed by atoms with Crippen molar-refractivity contribution in [2.45, 2.75) is 82.9 Å². The molecule has 4 amide bonds. The van der Waals surface area contributed by atoms with Crippen LogP contribution in [-0.4, -0.2) is 71.1 Å². The van der Waals surface area contributed by atoms with Crippen LogP contribution in [-0.2, 0) is 27.4 Å². The van der Waals surface area contributed by atoms with Crippen LogP contribution in [0, 0.1) is 18.7 Å². The number of nitrogens with zero attached hydrogens (tertiary/aromatic N) is 2. The molecule has 1 aromatic carbocycles. The molecule has 3 N–H and O–H groups in total. The molecular weight excluding hydrogens is 481 g/mol. The van der Waals surface area contributed by atoms with Crippen molar-refractivity contribution in [1.82, 2.24) is 25.8 Å². The summed E-state index contributed by atoms with van der Waals surface area (Å²) >= 11 is 0. The van der Waals surface area contributed by atoms with Gasteiger partial charge in [-0.25, -0.2) is 9.18 Å². The Morgan fingerprint density at radius 1 is 1.22 bits per heavy atom. The predicted molar refractivity (Wildman–Crippen MR) is 129 cm³/mol. The number of rotatable bonds is 6. The maximum absolute atomic E-state index is 15.4. The summed E-state index contributed by atoms with van der Waals surface area (Å²) in [6.45, 7) is 3.80. The van der Waals surface area contributed by atoms with E-state index >= 15 is 4.39 Å². The molecule has 2 atom stereocenters. The third-order valence-corrected chi connectivity index (χ3v) is 8.44. The number of hydrogen-bond acceptors (Lipinski definition) is 7. The summed E-state index contributed by atoms with van der Waals surface area (Å²) in [6, 6.07) is 1.23. The van der Waals surface area contributed by atoms with Crippen LogP contribution >= 0.6 is 0 Å². The van der Waals surface area contributed by atoms with E-state index < -0.39 is 29.8 Å². The zero-order chi connectivity index (χ0) is 25.8. The number of amides is 4. The molecule has 11 heteroatoms. The van der Waals surface area contributed by atoms with Crippen LogP contribution in [0.2, 0.25) is 0 Å². The molecule has 3 aliphatic heterocycles. The molecule has 2 saturated carbocycles. The van der Waals surface area contributed by atoms with Gasteiger partial charge in [0.2, 0.25) is 11.8 Å². The normalized spacial score (nSPS) is 29.7. The number of hydrogen-bond donors (Lipinski definition) is 3. The molecular formula is C26H32FN5O5. The van der Waals surface area contributed by atoms with Crippen LogP contribution in [0.1, 0.15) is 65.6 Å². The molecule has 0 radical (unpaired) electrons. The van der Waals surface area contributed by atoms with Gasteiger partial charge in [-0.15, -0.1) is 0 Å². The molecule has 3 heterocycles. The maximum Gasteiger partial charge on any atom is 0.407 e. The highest BCUT2D eigenvalue weighted by atomic mass is 19.1. The second kappa shape index (κ2) is 9.36. The van der Waals surface area contributed by atoms with Crippen LogP contribution in [0.3, 0.4) is 0 Å². The van der Waals surface area contributed by atoms with Gasteiger partial charge in [0.1, 0.15) is 18.0 Å². The second-order valence-electron chi connectivity index (χ2n) is 10.9. The average Bonchev–Trinajstić information content (AvgIpc) is 3.46. The molecule has 2 saturated heterocycles. The van der Waals surface area contributed by atoms with Crippen LogP contribution in [0.25, 0.3) is 0 Å². The molecule has 4 fully saturated rings. The van der Waals surface area contributed by atoms with E-state index in [1.165, 1.54) is 17.7 Å². The lowest BCUT2D eigenvalue weighted by atomic mass is 9.87. The molecule has 6 rings (SSSR count). The number of carbonyl (C=O) groups excluding carboxylic acids is 4. The van der Waals surface area contributed by atoms with Gasteiger partial charge in [-0.3, -0.25) is 24.6 Å². The maximum atomic E-state index is 15.4. The van der Waals surface area contributed by atoms with Gasteiger partial charge in [-0.1, -0.05) is 6.07 Å². The summed E-state index contributed by atoms with van der Waals surface area (Å²) in [5, 5.41) is 8.45. The van der Waals surface area contributed by atoms with E-state index in [9.17, 15) is 19.2 Å². The number of carbonyl (C=O) groups is 4. The number of halogens is 1. The largest absolute Gasteiger partial charge is 0.446 e. The van der Waals surface area contributed by atoms with Gasteiger partial charge in [-0.2, -0.15) is 0 Å². The zero-order valence-corrected chi connectivity index (χ0v) is 20.8. The lowest BCUT2D eigenvalue weighted by Gasteiger charge is -2.42. The zero-order valence-electron chi connectivity index (χ0n) is 20.8. The first-order valence-corrected chi connectivity index (χ1v) is 13.2. The third kappa shape index (κ3) is 4.48. The van der Waals surface area contributed by atoms with E-state index in [0.29, 0.717) is 23.3 Å². The van der Waals surface area contributed by atoms with Crippen LogP contribution in [0.4, 0.5) is 9.18 Å². The molecule has 10 nitrogen and oxygen atoms in total. The Hall–Kier alpha value is -3.05. The lowest BCUT2D eigenvalue weighted by molar-refractivity contribution is -0.136. The van der Waals surface area contributed by atoms with Crippen LogP contribution < -0.4 is 16.0 Å². The Bertz CT molecular complexity index is 1160. The minimum atomic E-state index is -0.810. The van der Waals surface area contributed by atoms with Crippen molar-refractivity contribution in [3.63, 3.8) is 0 Å². The standard InChI is InChI=1S/C26H32FN5O5/c1-13-8-15(22(27)21-18(13)12-32(25(21)35)19-4-5-20(33)30-24(19)34)11-29-26(36)37-17-9-16(10-17)31-7-6-28-23(31)14-2-3-14/h8,14,16-17,19,23,28H,2-7,9-12H2,1H3,(H,29,36)(H,30,33,34). The molecule has 5 aliphatic rings. The molecule has 0 aromatic heterocycles. The quantitative estimate of drug-likeness (QED) is 0.491. The predicted octanol–water partition coefficient (Wildman–Crippen LogP) is 1.29. The smallest absolute Gasteiger partial charge is 0.407 e. The summed E-state index contributed by atoms with van der Waals surface area (Å²) in [5.41, 5.74) is 1.35. The summed E-state index contributed by atoms with van der Waals surface area (Å²) in [5.74, 6) is -1.43. The van der Waals surface area contributed by atoms with E-state index in [1.54, 1.807) is 13.0 Å². The first-order chi connectivity index (χ1) is 17.8. The highest BCUT2D eigenvalue weighted by Crippen LogP contribution is 2.40. The minimum Gasteiger partial charge on any atom is -0.446 e. The number of nitrogens with one attached hydrogen (secondary N) is 3. The van der Waals surface area contributed by atoms with Crippen molar-refractivity contribution in [2.75, 3.05) is 13.1 Å². The molecule has 37 heavy (non-hydrogen) atoms. The lowest BCUT2D eigenvalue weighted by Crippen LogP contribution is -2.53. The number of piperidine rings is 1.